The van der Waals surface area contributed by atoms with Gasteiger partial charge in [0.25, 0.3) is 0 Å². The molecule has 1 aromatic carbocycles. The molecule has 0 radical (unpaired) electrons. The van der Waals surface area contributed by atoms with Gasteiger partial charge in [0.2, 0.25) is 0 Å². The molecule has 0 bridgehead atoms. The molecule has 0 aliphatic rings. The quantitative estimate of drug-likeness (QED) is 0.305. The number of rotatable bonds is 16. The Balaban J connectivity index is 1.82. The molecule has 1 aromatic rings. The molecule has 24 heavy (non-hydrogen) atoms. The first-order chi connectivity index (χ1) is 11.8. The van der Waals surface area contributed by atoms with Crippen LogP contribution in [0.3, 0.4) is 0 Å². The molecule has 138 valence electrons. The van der Waals surface area contributed by atoms with E-state index in [0.29, 0.717) is 21.6 Å². The van der Waals surface area contributed by atoms with Gasteiger partial charge in [0.1, 0.15) is 0 Å². The summed E-state index contributed by atoms with van der Waals surface area (Å²) in [5, 5.41) is 12.0. The third-order valence-electron chi connectivity index (χ3n) is 4.12. The first kappa shape index (κ1) is 21.7. The first-order valence-corrected chi connectivity index (χ1v) is 12.1. The van der Waals surface area contributed by atoms with Gasteiger partial charge in [-0.25, -0.2) is 0 Å². The zero-order chi connectivity index (χ0) is 17.3. The third-order valence-corrected chi connectivity index (χ3v) is 6.55. The van der Waals surface area contributed by atoms with Crippen LogP contribution >= 0.6 is 0 Å². The summed E-state index contributed by atoms with van der Waals surface area (Å²) in [6.45, 7) is 3.58. The fraction of sp³-hybridized carbons (Fsp3) is 0.714. The van der Waals surface area contributed by atoms with Gasteiger partial charge >= 0.3 is 136 Å². The van der Waals surface area contributed by atoms with Gasteiger partial charge < -0.3 is 0 Å². The zero-order valence-electron chi connectivity index (χ0n) is 15.4. The average molecular weight is 399 g/mol. The Kier molecular flexibility index (Phi) is 14.6. The summed E-state index contributed by atoms with van der Waals surface area (Å²) in [6, 6.07) is 10.5. The summed E-state index contributed by atoms with van der Waals surface area (Å²) >= 11 is 0.460. The molecule has 0 heterocycles. The predicted molar refractivity (Wildman–Crippen MR) is 105 cm³/mol. The van der Waals surface area contributed by atoms with Crippen molar-refractivity contribution in [2.24, 2.45) is 0 Å². The average Bonchev–Trinajstić information content (AvgIpc) is 2.60. The molecular weight excluding hydrogens is 363 g/mol. The van der Waals surface area contributed by atoms with E-state index in [4.69, 9.17) is 4.74 Å². The van der Waals surface area contributed by atoms with Crippen molar-refractivity contribution in [1.82, 2.24) is 0 Å². The molecule has 2 nitrogen and oxygen atoms in total. The van der Waals surface area contributed by atoms with E-state index in [1.165, 1.54) is 56.9 Å². The van der Waals surface area contributed by atoms with Crippen LogP contribution in [0.15, 0.2) is 30.3 Å². The van der Waals surface area contributed by atoms with Crippen LogP contribution in [0, 0.1) is 0 Å². The van der Waals surface area contributed by atoms with Crippen molar-refractivity contribution in [2.75, 3.05) is 13.2 Å². The predicted octanol–water partition coefficient (Wildman–Crippen LogP) is 5.22. The van der Waals surface area contributed by atoms with E-state index >= 15 is 0 Å². The van der Waals surface area contributed by atoms with Crippen LogP contribution in [-0.2, 0) is 10.1 Å². The molecule has 0 saturated carbocycles. The number of hydrogen-bond donors (Lipinski definition) is 1. The third kappa shape index (κ3) is 13.0. The van der Waals surface area contributed by atoms with Gasteiger partial charge in [-0.15, -0.1) is 0 Å². The number of benzene rings is 1. The molecule has 0 aliphatic heterocycles. The van der Waals surface area contributed by atoms with Gasteiger partial charge in [-0.3, -0.25) is 0 Å². The molecule has 0 spiro atoms. The van der Waals surface area contributed by atoms with Crippen LogP contribution < -0.4 is 0 Å². The number of aliphatic hydroxyl groups is 1. The van der Waals surface area contributed by atoms with Crippen LogP contribution in [0.4, 0.5) is 0 Å². The van der Waals surface area contributed by atoms with E-state index in [0.717, 1.165) is 23.7 Å². The second-order valence-electron chi connectivity index (χ2n) is 6.56. The molecule has 0 amide bonds. The normalized spacial score (nSPS) is 12.4. The van der Waals surface area contributed by atoms with Crippen LogP contribution in [0.25, 0.3) is 0 Å². The van der Waals surface area contributed by atoms with E-state index in [1.54, 1.807) is 0 Å². The maximum atomic E-state index is 9.96. The molecular formula is C21H36O2Se. The second-order valence-corrected chi connectivity index (χ2v) is 8.72. The summed E-state index contributed by atoms with van der Waals surface area (Å²) in [7, 11) is 0. The van der Waals surface area contributed by atoms with E-state index in [9.17, 15) is 5.11 Å². The van der Waals surface area contributed by atoms with E-state index in [1.807, 2.05) is 6.07 Å². The number of hydrogen-bond acceptors (Lipinski definition) is 2. The van der Waals surface area contributed by atoms with Crippen molar-refractivity contribution < 1.29 is 9.84 Å². The SMILES string of the molecule is CCCCCCCCCCCOCC(O)C[Se]Cc1ccccc1. The molecule has 0 aliphatic carbocycles. The minimum atomic E-state index is -0.285. The van der Waals surface area contributed by atoms with Crippen LogP contribution in [0.2, 0.25) is 5.32 Å². The Bertz CT molecular complexity index is 369. The maximum absolute atomic E-state index is 9.96. The Morgan fingerprint density at radius 2 is 1.54 bits per heavy atom. The molecule has 1 rings (SSSR count). The summed E-state index contributed by atoms with van der Waals surface area (Å²) in [5.74, 6) is 0. The molecule has 1 N–H and O–H groups in total. The molecule has 0 saturated heterocycles. The Labute approximate surface area is 155 Å². The summed E-state index contributed by atoms with van der Waals surface area (Å²) in [4.78, 5) is 0. The number of ether oxygens (including phenoxy) is 1. The van der Waals surface area contributed by atoms with Crippen LogP contribution in [0.1, 0.15) is 70.3 Å². The van der Waals surface area contributed by atoms with Gasteiger partial charge in [0, 0.05) is 0 Å². The Morgan fingerprint density at radius 1 is 0.917 bits per heavy atom. The number of aliphatic hydroxyl groups excluding tert-OH is 1. The standard InChI is InChI=1S/C21H36O2Se/c1-2-3-4-5-6-7-8-9-13-16-23-17-21(22)19-24-18-20-14-11-10-12-15-20/h10-12,14-15,21-22H,2-9,13,16-19H2,1H3. The first-order valence-electron chi connectivity index (χ1n) is 9.70. The fourth-order valence-electron chi connectivity index (χ4n) is 2.67. The Hall–Kier alpha value is -0.341. The van der Waals surface area contributed by atoms with Crippen molar-refractivity contribution in [3.63, 3.8) is 0 Å². The number of unbranched alkanes of at least 4 members (excludes halogenated alkanes) is 8. The van der Waals surface area contributed by atoms with Gasteiger partial charge in [0.05, 0.1) is 0 Å². The van der Waals surface area contributed by atoms with Gasteiger partial charge in [-0.2, -0.15) is 0 Å². The molecule has 0 aromatic heterocycles. The van der Waals surface area contributed by atoms with Crippen LogP contribution in [-0.4, -0.2) is 39.4 Å². The monoisotopic (exact) mass is 400 g/mol. The van der Waals surface area contributed by atoms with Gasteiger partial charge in [-0.1, -0.05) is 19.8 Å². The topological polar surface area (TPSA) is 29.5 Å². The summed E-state index contributed by atoms with van der Waals surface area (Å²) in [6.07, 6.45) is 11.7. The van der Waals surface area contributed by atoms with E-state index < -0.39 is 0 Å². The Morgan fingerprint density at radius 3 is 2.21 bits per heavy atom. The van der Waals surface area contributed by atoms with Gasteiger partial charge in [0.15, 0.2) is 0 Å². The van der Waals surface area contributed by atoms with Crippen molar-refractivity contribution in [2.45, 2.75) is 81.5 Å². The van der Waals surface area contributed by atoms with Crippen molar-refractivity contribution in [1.29, 1.82) is 0 Å². The zero-order valence-corrected chi connectivity index (χ0v) is 17.1. The van der Waals surface area contributed by atoms with E-state index in [-0.39, 0.29) is 6.10 Å². The van der Waals surface area contributed by atoms with Gasteiger partial charge in [-0.05, 0) is 0 Å². The van der Waals surface area contributed by atoms with Crippen molar-refractivity contribution in [3.05, 3.63) is 35.9 Å². The van der Waals surface area contributed by atoms with E-state index in [2.05, 4.69) is 31.2 Å². The summed E-state index contributed by atoms with van der Waals surface area (Å²) in [5.41, 5.74) is 1.38. The molecule has 3 heteroatoms. The molecule has 0 fully saturated rings. The fourth-order valence-corrected chi connectivity index (χ4v) is 4.59. The molecule has 1 atom stereocenters. The van der Waals surface area contributed by atoms with Crippen LogP contribution in [0.5, 0.6) is 0 Å². The molecule has 1 unspecified atom stereocenters. The van der Waals surface area contributed by atoms with Crippen molar-refractivity contribution in [3.8, 4) is 0 Å². The second kappa shape index (κ2) is 16.1. The van der Waals surface area contributed by atoms with Crippen molar-refractivity contribution >= 4 is 15.0 Å². The minimum absolute atomic E-state index is 0.285. The summed E-state index contributed by atoms with van der Waals surface area (Å²) < 4.78 is 5.62.